The molecule has 0 aliphatic heterocycles. The van der Waals surface area contributed by atoms with Crippen LogP contribution in [-0.2, 0) is 16.0 Å². The van der Waals surface area contributed by atoms with E-state index in [1.54, 1.807) is 0 Å². The Hall–Kier alpha value is -1.15. The quantitative estimate of drug-likeness (QED) is 0.348. The van der Waals surface area contributed by atoms with E-state index in [1.165, 1.54) is 5.56 Å². The molecule has 1 rings (SSSR count). The highest BCUT2D eigenvalue weighted by atomic mass is 35.5. The van der Waals surface area contributed by atoms with Crippen molar-refractivity contribution in [2.45, 2.75) is 44.9 Å². The zero-order valence-corrected chi connectivity index (χ0v) is 12.6. The van der Waals surface area contributed by atoms with Gasteiger partial charge in [0.25, 0.3) is 0 Å². The van der Waals surface area contributed by atoms with Crippen LogP contribution in [0.5, 0.6) is 0 Å². The maximum atomic E-state index is 11.9. The van der Waals surface area contributed by atoms with Crippen molar-refractivity contribution in [3.63, 3.8) is 0 Å². The van der Waals surface area contributed by atoms with Crippen molar-refractivity contribution < 1.29 is 9.59 Å². The molecule has 0 aliphatic rings. The number of halogens is 1. The van der Waals surface area contributed by atoms with Gasteiger partial charge < -0.3 is 4.79 Å². The zero-order chi connectivity index (χ0) is 14.6. The summed E-state index contributed by atoms with van der Waals surface area (Å²) in [4.78, 5) is 22.8. The summed E-state index contributed by atoms with van der Waals surface area (Å²) >= 11 is 5.61. The van der Waals surface area contributed by atoms with Gasteiger partial charge in [-0.2, -0.15) is 0 Å². The zero-order valence-electron chi connectivity index (χ0n) is 11.9. The van der Waals surface area contributed by atoms with E-state index in [0.29, 0.717) is 18.7 Å². The number of hydrogen-bond acceptors (Lipinski definition) is 2. The van der Waals surface area contributed by atoms with Crippen molar-refractivity contribution in [2.24, 2.45) is 5.92 Å². The molecular formula is C17H23ClO2. The Kier molecular flexibility index (Phi) is 8.97. The minimum absolute atomic E-state index is 0.123. The van der Waals surface area contributed by atoms with Crippen LogP contribution in [0.4, 0.5) is 0 Å². The predicted molar refractivity (Wildman–Crippen MR) is 83.1 cm³/mol. The summed E-state index contributed by atoms with van der Waals surface area (Å²) in [6.45, 7) is 0. The lowest BCUT2D eigenvalue weighted by Gasteiger charge is -2.08. The van der Waals surface area contributed by atoms with Gasteiger partial charge in [0.1, 0.15) is 12.1 Å². The van der Waals surface area contributed by atoms with Crippen molar-refractivity contribution in [2.75, 3.05) is 5.88 Å². The minimum atomic E-state index is -0.123. The molecule has 0 aromatic heterocycles. The van der Waals surface area contributed by atoms with Gasteiger partial charge in [-0.05, 0) is 31.2 Å². The third-order valence-electron chi connectivity index (χ3n) is 3.40. The molecule has 2 nitrogen and oxygen atoms in total. The molecule has 0 heterocycles. The second kappa shape index (κ2) is 10.6. The van der Waals surface area contributed by atoms with Crippen molar-refractivity contribution in [3.05, 3.63) is 35.9 Å². The van der Waals surface area contributed by atoms with Crippen LogP contribution in [0.25, 0.3) is 0 Å². The van der Waals surface area contributed by atoms with Crippen molar-refractivity contribution in [1.29, 1.82) is 0 Å². The second-order valence-corrected chi connectivity index (χ2v) is 5.54. The molecule has 0 saturated carbocycles. The van der Waals surface area contributed by atoms with Gasteiger partial charge in [0, 0.05) is 24.6 Å². The summed E-state index contributed by atoms with van der Waals surface area (Å²) in [7, 11) is 0. The van der Waals surface area contributed by atoms with Gasteiger partial charge in [-0.3, -0.25) is 4.79 Å². The number of carbonyl (C=O) groups excluding carboxylic acids is 2. The Morgan fingerprint density at radius 1 is 1.15 bits per heavy atom. The van der Waals surface area contributed by atoms with E-state index in [2.05, 4.69) is 12.1 Å². The molecule has 0 spiro atoms. The van der Waals surface area contributed by atoms with E-state index in [4.69, 9.17) is 11.6 Å². The summed E-state index contributed by atoms with van der Waals surface area (Å²) in [5, 5.41) is 0. The largest absolute Gasteiger partial charge is 0.303 e. The van der Waals surface area contributed by atoms with Crippen LogP contribution >= 0.6 is 11.6 Å². The fourth-order valence-electron chi connectivity index (χ4n) is 2.25. The smallest absolute Gasteiger partial charge is 0.133 e. The highest BCUT2D eigenvalue weighted by molar-refractivity contribution is 6.17. The summed E-state index contributed by atoms with van der Waals surface area (Å²) < 4.78 is 0. The maximum absolute atomic E-state index is 11.9. The molecule has 0 radical (unpaired) electrons. The second-order valence-electron chi connectivity index (χ2n) is 5.16. The molecule has 110 valence electrons. The molecule has 20 heavy (non-hydrogen) atoms. The molecular weight excluding hydrogens is 272 g/mol. The van der Waals surface area contributed by atoms with E-state index >= 15 is 0 Å². The summed E-state index contributed by atoms with van der Waals surface area (Å²) in [5.41, 5.74) is 1.26. The summed E-state index contributed by atoms with van der Waals surface area (Å²) in [6, 6.07) is 10.2. The van der Waals surface area contributed by atoms with E-state index in [9.17, 15) is 9.59 Å². The molecule has 0 N–H and O–H groups in total. The Morgan fingerprint density at radius 2 is 1.90 bits per heavy atom. The SMILES string of the molecule is O=CC(CCCCCl)CC(=O)CCCc1ccccc1. The molecule has 0 bridgehead atoms. The van der Waals surface area contributed by atoms with Gasteiger partial charge in [0.15, 0.2) is 0 Å². The molecule has 0 amide bonds. The number of unbranched alkanes of at least 4 members (excludes halogenated alkanes) is 1. The summed E-state index contributed by atoms with van der Waals surface area (Å²) in [5.74, 6) is 0.697. The summed E-state index contributed by atoms with van der Waals surface area (Å²) in [6.07, 6.45) is 6.26. The predicted octanol–water partition coefficient (Wildman–Crippen LogP) is 4.19. The number of aldehydes is 1. The monoisotopic (exact) mass is 294 g/mol. The molecule has 1 atom stereocenters. The molecule has 1 aromatic carbocycles. The van der Waals surface area contributed by atoms with E-state index < -0.39 is 0 Å². The third-order valence-corrected chi connectivity index (χ3v) is 3.67. The number of ketones is 1. The van der Waals surface area contributed by atoms with Gasteiger partial charge in [-0.15, -0.1) is 11.6 Å². The number of benzene rings is 1. The van der Waals surface area contributed by atoms with E-state index in [-0.39, 0.29) is 11.7 Å². The molecule has 0 aliphatic carbocycles. The Bertz CT molecular complexity index is 389. The fraction of sp³-hybridized carbons (Fsp3) is 0.529. The maximum Gasteiger partial charge on any atom is 0.133 e. The molecule has 0 saturated heterocycles. The number of rotatable bonds is 11. The molecule has 3 heteroatoms. The fourth-order valence-corrected chi connectivity index (χ4v) is 2.44. The Balaban J connectivity index is 2.19. The number of hydrogen-bond donors (Lipinski definition) is 0. The van der Waals surface area contributed by atoms with Crippen molar-refractivity contribution >= 4 is 23.7 Å². The van der Waals surface area contributed by atoms with Crippen LogP contribution in [0.1, 0.15) is 44.1 Å². The first-order chi connectivity index (χ1) is 9.76. The first kappa shape index (κ1) is 16.9. The normalized spacial score (nSPS) is 12.1. The van der Waals surface area contributed by atoms with E-state index in [0.717, 1.165) is 38.4 Å². The number of aryl methyl sites for hydroxylation is 1. The lowest BCUT2D eigenvalue weighted by atomic mass is 9.95. The number of alkyl halides is 1. The highest BCUT2D eigenvalue weighted by Gasteiger charge is 2.12. The topological polar surface area (TPSA) is 34.1 Å². The van der Waals surface area contributed by atoms with Crippen LogP contribution in [-0.4, -0.2) is 17.9 Å². The van der Waals surface area contributed by atoms with E-state index in [1.807, 2.05) is 18.2 Å². The first-order valence-electron chi connectivity index (χ1n) is 7.33. The van der Waals surface area contributed by atoms with Crippen LogP contribution in [0.15, 0.2) is 30.3 Å². The number of Topliss-reactive ketones (excluding diaryl/α,β-unsaturated/α-hetero) is 1. The average molecular weight is 295 g/mol. The van der Waals surface area contributed by atoms with Gasteiger partial charge in [0.05, 0.1) is 0 Å². The van der Waals surface area contributed by atoms with Crippen molar-refractivity contribution in [1.82, 2.24) is 0 Å². The Labute approximate surface area is 126 Å². The first-order valence-corrected chi connectivity index (χ1v) is 7.86. The molecule has 0 fully saturated rings. The van der Waals surface area contributed by atoms with Gasteiger partial charge in [-0.25, -0.2) is 0 Å². The van der Waals surface area contributed by atoms with Crippen molar-refractivity contribution in [3.8, 4) is 0 Å². The van der Waals surface area contributed by atoms with Gasteiger partial charge in [0.2, 0.25) is 0 Å². The van der Waals surface area contributed by atoms with Crippen LogP contribution in [0, 0.1) is 5.92 Å². The molecule has 1 unspecified atom stereocenters. The lowest BCUT2D eigenvalue weighted by molar-refractivity contribution is -0.123. The third kappa shape index (κ3) is 7.44. The van der Waals surface area contributed by atoms with Crippen LogP contribution in [0.3, 0.4) is 0 Å². The lowest BCUT2D eigenvalue weighted by Crippen LogP contribution is -2.10. The highest BCUT2D eigenvalue weighted by Crippen LogP contribution is 2.14. The Morgan fingerprint density at radius 3 is 2.55 bits per heavy atom. The standard InChI is InChI=1S/C17H23ClO2/c18-12-5-4-9-16(14-19)13-17(20)11-6-10-15-7-2-1-3-8-15/h1-3,7-8,14,16H,4-6,9-13H2. The van der Waals surface area contributed by atoms with Gasteiger partial charge in [-0.1, -0.05) is 36.8 Å². The number of carbonyl (C=O) groups is 2. The average Bonchev–Trinajstić information content (AvgIpc) is 2.47. The molecule has 1 aromatic rings. The van der Waals surface area contributed by atoms with Crippen LogP contribution < -0.4 is 0 Å². The van der Waals surface area contributed by atoms with Crippen LogP contribution in [0.2, 0.25) is 0 Å². The minimum Gasteiger partial charge on any atom is -0.303 e. The van der Waals surface area contributed by atoms with Gasteiger partial charge >= 0.3 is 0 Å².